The number of ether oxygens (including phenoxy) is 1. The van der Waals surface area contributed by atoms with Crippen LogP contribution in [0.3, 0.4) is 0 Å². The minimum atomic E-state index is 0.686. The van der Waals surface area contributed by atoms with E-state index in [0.29, 0.717) is 6.54 Å². The average Bonchev–Trinajstić information content (AvgIpc) is 2.87. The van der Waals surface area contributed by atoms with Crippen molar-refractivity contribution in [2.75, 3.05) is 12.9 Å². The van der Waals surface area contributed by atoms with E-state index in [1.807, 2.05) is 28.9 Å². The predicted octanol–water partition coefficient (Wildman–Crippen LogP) is 2.62. The fourth-order valence-corrected chi connectivity index (χ4v) is 2.57. The summed E-state index contributed by atoms with van der Waals surface area (Å²) in [6.45, 7) is 2.87. The molecule has 1 aromatic carbocycles. The summed E-state index contributed by atoms with van der Waals surface area (Å²) in [6, 6.07) is 7.95. The summed E-state index contributed by atoms with van der Waals surface area (Å²) in [5, 5.41) is 12.7. The number of tetrazole rings is 1. The molecule has 0 spiro atoms. The number of hydrogen-bond donors (Lipinski definition) is 0. The van der Waals surface area contributed by atoms with E-state index in [9.17, 15) is 0 Å². The van der Waals surface area contributed by atoms with Crippen LogP contribution in [0.1, 0.15) is 25.3 Å². The first-order chi connectivity index (χ1) is 9.33. The van der Waals surface area contributed by atoms with Gasteiger partial charge in [0.15, 0.2) is 0 Å². The number of hydrogen-bond acceptors (Lipinski definition) is 5. The van der Waals surface area contributed by atoms with Gasteiger partial charge in [0.1, 0.15) is 5.75 Å². The third-order valence-electron chi connectivity index (χ3n) is 2.72. The Balaban J connectivity index is 1.99. The Labute approximate surface area is 117 Å². The lowest BCUT2D eigenvalue weighted by Gasteiger charge is -2.05. The van der Waals surface area contributed by atoms with Gasteiger partial charge in [-0.2, -0.15) is 0 Å². The molecule has 0 unspecified atom stereocenters. The van der Waals surface area contributed by atoms with Crippen LogP contribution in [0.2, 0.25) is 0 Å². The molecule has 0 saturated heterocycles. The van der Waals surface area contributed by atoms with Crippen LogP contribution in [0.4, 0.5) is 0 Å². The molecule has 2 rings (SSSR count). The van der Waals surface area contributed by atoms with Gasteiger partial charge in [-0.3, -0.25) is 0 Å². The maximum atomic E-state index is 5.14. The van der Waals surface area contributed by atoms with Crippen molar-refractivity contribution >= 4 is 11.8 Å². The van der Waals surface area contributed by atoms with Crippen molar-refractivity contribution in [2.24, 2.45) is 0 Å². The van der Waals surface area contributed by atoms with Gasteiger partial charge in [0, 0.05) is 5.75 Å². The molecule has 19 heavy (non-hydrogen) atoms. The molecule has 0 bridgehead atoms. The highest BCUT2D eigenvalue weighted by Crippen LogP contribution is 2.17. The summed E-state index contributed by atoms with van der Waals surface area (Å²) in [4.78, 5) is 0. The van der Waals surface area contributed by atoms with Crippen molar-refractivity contribution in [3.8, 4) is 5.75 Å². The molecular weight excluding hydrogens is 260 g/mol. The lowest BCUT2D eigenvalue weighted by molar-refractivity contribution is 0.414. The number of aromatic nitrogens is 4. The van der Waals surface area contributed by atoms with Gasteiger partial charge in [0.25, 0.3) is 0 Å². The smallest absolute Gasteiger partial charge is 0.209 e. The zero-order valence-electron chi connectivity index (χ0n) is 11.2. The van der Waals surface area contributed by atoms with E-state index in [1.165, 1.54) is 12.8 Å². The molecule has 1 aromatic heterocycles. The van der Waals surface area contributed by atoms with Gasteiger partial charge in [-0.1, -0.05) is 37.2 Å². The number of thioether (sulfide) groups is 1. The fraction of sp³-hybridized carbons (Fsp3) is 0.462. The Hall–Kier alpha value is -1.56. The first-order valence-corrected chi connectivity index (χ1v) is 7.34. The van der Waals surface area contributed by atoms with Crippen LogP contribution in [0.15, 0.2) is 29.4 Å². The quantitative estimate of drug-likeness (QED) is 0.575. The van der Waals surface area contributed by atoms with Gasteiger partial charge in [0.2, 0.25) is 5.16 Å². The lowest BCUT2D eigenvalue weighted by Crippen LogP contribution is -2.04. The molecule has 0 aliphatic carbocycles. The summed E-state index contributed by atoms with van der Waals surface area (Å²) >= 11 is 1.71. The number of methoxy groups -OCH3 is 1. The fourth-order valence-electron chi connectivity index (χ4n) is 1.61. The molecule has 6 heteroatoms. The highest BCUT2D eigenvalue weighted by atomic mass is 32.2. The second kappa shape index (κ2) is 7.13. The third kappa shape index (κ3) is 3.96. The van der Waals surface area contributed by atoms with E-state index in [1.54, 1.807) is 18.9 Å². The maximum absolute atomic E-state index is 5.14. The molecule has 102 valence electrons. The average molecular weight is 278 g/mol. The highest BCUT2D eigenvalue weighted by molar-refractivity contribution is 7.99. The standard InChI is InChI=1S/C13H18N4OS/c1-3-4-9-19-13-14-15-16-17(13)10-11-5-7-12(18-2)8-6-11/h5-8H,3-4,9-10H2,1-2H3. The molecule has 5 nitrogen and oxygen atoms in total. The molecule has 0 fully saturated rings. The molecule has 2 aromatic rings. The van der Waals surface area contributed by atoms with Crippen LogP contribution in [0, 0.1) is 0 Å². The molecule has 1 heterocycles. The van der Waals surface area contributed by atoms with E-state index in [-0.39, 0.29) is 0 Å². The molecule has 0 N–H and O–H groups in total. The molecule has 0 aliphatic rings. The predicted molar refractivity (Wildman–Crippen MR) is 75.5 cm³/mol. The van der Waals surface area contributed by atoms with Crippen molar-refractivity contribution in [1.29, 1.82) is 0 Å². The summed E-state index contributed by atoms with van der Waals surface area (Å²) in [6.07, 6.45) is 2.37. The Bertz CT molecular complexity index is 498. The van der Waals surface area contributed by atoms with Crippen molar-refractivity contribution in [1.82, 2.24) is 20.2 Å². The normalized spacial score (nSPS) is 10.6. The minimum Gasteiger partial charge on any atom is -0.497 e. The zero-order chi connectivity index (χ0) is 13.5. The highest BCUT2D eigenvalue weighted by Gasteiger charge is 2.07. The van der Waals surface area contributed by atoms with Crippen molar-refractivity contribution in [3.05, 3.63) is 29.8 Å². The van der Waals surface area contributed by atoms with Crippen LogP contribution in [0.25, 0.3) is 0 Å². The van der Waals surface area contributed by atoms with Crippen LogP contribution in [-0.2, 0) is 6.54 Å². The number of nitrogens with zero attached hydrogens (tertiary/aromatic N) is 4. The van der Waals surface area contributed by atoms with E-state index < -0.39 is 0 Å². The Morgan fingerprint density at radius 1 is 1.26 bits per heavy atom. The summed E-state index contributed by atoms with van der Waals surface area (Å²) in [5.41, 5.74) is 1.16. The van der Waals surface area contributed by atoms with E-state index in [0.717, 1.165) is 22.2 Å². The maximum Gasteiger partial charge on any atom is 0.209 e. The SMILES string of the molecule is CCCCSc1nnnn1Cc1ccc(OC)cc1. The van der Waals surface area contributed by atoms with Crippen molar-refractivity contribution in [3.63, 3.8) is 0 Å². The van der Waals surface area contributed by atoms with Crippen molar-refractivity contribution in [2.45, 2.75) is 31.5 Å². The van der Waals surface area contributed by atoms with E-state index in [2.05, 4.69) is 22.4 Å². The van der Waals surface area contributed by atoms with E-state index >= 15 is 0 Å². The Morgan fingerprint density at radius 2 is 2.05 bits per heavy atom. The minimum absolute atomic E-state index is 0.686. The Morgan fingerprint density at radius 3 is 2.74 bits per heavy atom. The first kappa shape index (κ1) is 13.9. The van der Waals surface area contributed by atoms with Gasteiger partial charge >= 0.3 is 0 Å². The van der Waals surface area contributed by atoms with Gasteiger partial charge in [0.05, 0.1) is 13.7 Å². The molecule has 0 radical (unpaired) electrons. The summed E-state index contributed by atoms with van der Waals surface area (Å²) in [7, 11) is 1.67. The first-order valence-electron chi connectivity index (χ1n) is 6.35. The summed E-state index contributed by atoms with van der Waals surface area (Å²) < 4.78 is 6.98. The number of benzene rings is 1. The molecule has 0 atom stereocenters. The summed E-state index contributed by atoms with van der Waals surface area (Å²) in [5.74, 6) is 1.91. The van der Waals surface area contributed by atoms with Crippen LogP contribution in [0.5, 0.6) is 5.75 Å². The topological polar surface area (TPSA) is 52.8 Å². The van der Waals surface area contributed by atoms with Gasteiger partial charge in [-0.05, 0) is 34.5 Å². The largest absolute Gasteiger partial charge is 0.497 e. The second-order valence-electron chi connectivity index (χ2n) is 4.17. The molecule has 0 aliphatic heterocycles. The number of unbranched alkanes of at least 4 members (excludes halogenated alkanes) is 1. The zero-order valence-corrected chi connectivity index (χ0v) is 12.1. The van der Waals surface area contributed by atoms with Crippen molar-refractivity contribution < 1.29 is 4.74 Å². The molecule has 0 amide bonds. The van der Waals surface area contributed by atoms with Crippen LogP contribution < -0.4 is 4.74 Å². The second-order valence-corrected chi connectivity index (χ2v) is 5.23. The monoisotopic (exact) mass is 278 g/mol. The van der Waals surface area contributed by atoms with Gasteiger partial charge in [-0.25, -0.2) is 4.68 Å². The molecule has 0 saturated carbocycles. The van der Waals surface area contributed by atoms with Crippen LogP contribution in [-0.4, -0.2) is 33.1 Å². The third-order valence-corrected chi connectivity index (χ3v) is 3.76. The van der Waals surface area contributed by atoms with E-state index in [4.69, 9.17) is 4.74 Å². The molecular formula is C13H18N4OS. The lowest BCUT2D eigenvalue weighted by atomic mass is 10.2. The Kier molecular flexibility index (Phi) is 5.20. The van der Waals surface area contributed by atoms with Gasteiger partial charge < -0.3 is 4.74 Å². The van der Waals surface area contributed by atoms with Gasteiger partial charge in [-0.15, -0.1) is 5.10 Å². The number of rotatable bonds is 7. The van der Waals surface area contributed by atoms with Crippen LogP contribution >= 0.6 is 11.8 Å².